The highest BCUT2D eigenvalue weighted by Gasteiger charge is 2.23. The zero-order valence-electron chi connectivity index (χ0n) is 13.3. The van der Waals surface area contributed by atoms with Crippen molar-refractivity contribution >= 4 is 12.0 Å². The second kappa shape index (κ2) is 8.84. The number of urea groups is 1. The summed E-state index contributed by atoms with van der Waals surface area (Å²) in [5.41, 5.74) is 0. The number of carbonyl (C=O) groups excluding carboxylic acids is 1. The van der Waals surface area contributed by atoms with Gasteiger partial charge in [-0.05, 0) is 20.5 Å². The van der Waals surface area contributed by atoms with Crippen molar-refractivity contribution in [1.82, 2.24) is 20.4 Å². The zero-order chi connectivity index (χ0) is 15.8. The predicted molar refractivity (Wildman–Crippen MR) is 81.4 cm³/mol. The first-order chi connectivity index (χ1) is 9.93. The molecule has 0 aromatic heterocycles. The van der Waals surface area contributed by atoms with Crippen LogP contribution in [0.2, 0.25) is 0 Å². The molecule has 0 aromatic carbocycles. The van der Waals surface area contributed by atoms with Gasteiger partial charge in [-0.25, -0.2) is 4.79 Å². The largest absolute Gasteiger partial charge is 0.481 e. The van der Waals surface area contributed by atoms with Gasteiger partial charge in [-0.2, -0.15) is 0 Å². The monoisotopic (exact) mass is 300 g/mol. The Labute approximate surface area is 126 Å². The molecule has 122 valence electrons. The SMILES string of the molecule is CCCC(CNC(=O)NCC1CN(C)CCN1C)C(=O)O. The minimum atomic E-state index is -0.856. The van der Waals surface area contributed by atoms with Crippen LogP contribution in [0.25, 0.3) is 0 Å². The third-order valence-corrected chi connectivity index (χ3v) is 3.97. The molecule has 0 spiro atoms. The minimum absolute atomic E-state index is 0.176. The van der Waals surface area contributed by atoms with Crippen LogP contribution in [0.3, 0.4) is 0 Å². The number of hydrogen-bond donors (Lipinski definition) is 3. The number of nitrogens with zero attached hydrogens (tertiary/aromatic N) is 2. The molecule has 0 aromatic rings. The maximum Gasteiger partial charge on any atom is 0.314 e. The van der Waals surface area contributed by atoms with Gasteiger partial charge in [0, 0.05) is 38.8 Å². The number of amides is 2. The third-order valence-electron chi connectivity index (χ3n) is 3.97. The maximum atomic E-state index is 11.8. The average molecular weight is 300 g/mol. The Hall–Kier alpha value is -1.34. The molecule has 3 N–H and O–H groups in total. The van der Waals surface area contributed by atoms with Crippen molar-refractivity contribution in [1.29, 1.82) is 0 Å². The van der Waals surface area contributed by atoms with Crippen molar-refractivity contribution in [3.63, 3.8) is 0 Å². The maximum absolute atomic E-state index is 11.8. The summed E-state index contributed by atoms with van der Waals surface area (Å²) in [4.78, 5) is 27.2. The molecule has 1 fully saturated rings. The van der Waals surface area contributed by atoms with E-state index in [1.807, 2.05) is 6.92 Å². The molecule has 1 aliphatic rings. The first-order valence-corrected chi connectivity index (χ1v) is 7.57. The molecule has 1 rings (SSSR count). The summed E-state index contributed by atoms with van der Waals surface area (Å²) in [6.45, 7) is 5.63. The average Bonchev–Trinajstić information content (AvgIpc) is 2.44. The number of rotatable bonds is 7. The van der Waals surface area contributed by atoms with Gasteiger partial charge >= 0.3 is 12.0 Å². The molecule has 7 nitrogen and oxygen atoms in total. The number of likely N-dealkylation sites (N-methyl/N-ethyl adjacent to an activating group) is 2. The van der Waals surface area contributed by atoms with Crippen LogP contribution in [0.15, 0.2) is 0 Å². The van der Waals surface area contributed by atoms with Crippen LogP contribution in [-0.2, 0) is 4.79 Å². The summed E-state index contributed by atoms with van der Waals surface area (Å²) >= 11 is 0. The quantitative estimate of drug-likeness (QED) is 0.618. The summed E-state index contributed by atoms with van der Waals surface area (Å²) in [6, 6.07) is -0.000563. The van der Waals surface area contributed by atoms with Crippen molar-refractivity contribution < 1.29 is 14.7 Å². The van der Waals surface area contributed by atoms with E-state index in [9.17, 15) is 9.59 Å². The van der Waals surface area contributed by atoms with Gasteiger partial charge in [-0.15, -0.1) is 0 Å². The summed E-state index contributed by atoms with van der Waals surface area (Å²) in [7, 11) is 4.13. The lowest BCUT2D eigenvalue weighted by Crippen LogP contribution is -2.55. The molecular weight excluding hydrogens is 272 g/mol. The van der Waals surface area contributed by atoms with Crippen LogP contribution in [0.4, 0.5) is 4.79 Å². The van der Waals surface area contributed by atoms with Crippen molar-refractivity contribution in [3.8, 4) is 0 Å². The highest BCUT2D eigenvalue weighted by atomic mass is 16.4. The first-order valence-electron chi connectivity index (χ1n) is 7.57. The molecule has 2 amide bonds. The number of aliphatic carboxylic acids is 1. The van der Waals surface area contributed by atoms with Crippen molar-refractivity contribution in [2.45, 2.75) is 25.8 Å². The van der Waals surface area contributed by atoms with Crippen LogP contribution in [0, 0.1) is 5.92 Å². The highest BCUT2D eigenvalue weighted by molar-refractivity contribution is 5.75. The third kappa shape index (κ3) is 6.31. The molecule has 21 heavy (non-hydrogen) atoms. The van der Waals surface area contributed by atoms with E-state index in [0.29, 0.717) is 19.0 Å². The zero-order valence-corrected chi connectivity index (χ0v) is 13.3. The molecule has 1 heterocycles. The Morgan fingerprint density at radius 3 is 2.62 bits per heavy atom. The van der Waals surface area contributed by atoms with Crippen LogP contribution in [0.5, 0.6) is 0 Å². The van der Waals surface area contributed by atoms with Crippen LogP contribution in [0.1, 0.15) is 19.8 Å². The van der Waals surface area contributed by atoms with E-state index >= 15 is 0 Å². The molecule has 1 saturated heterocycles. The van der Waals surface area contributed by atoms with Gasteiger partial charge in [0.15, 0.2) is 0 Å². The number of carbonyl (C=O) groups is 2. The molecule has 7 heteroatoms. The molecular formula is C14H28N4O3. The summed E-state index contributed by atoms with van der Waals surface area (Å²) in [5, 5.41) is 14.5. The van der Waals surface area contributed by atoms with Crippen LogP contribution in [-0.4, -0.2) is 79.8 Å². The minimum Gasteiger partial charge on any atom is -0.481 e. The lowest BCUT2D eigenvalue weighted by atomic mass is 10.0. The molecule has 0 radical (unpaired) electrons. The van der Waals surface area contributed by atoms with Crippen molar-refractivity contribution in [3.05, 3.63) is 0 Å². The van der Waals surface area contributed by atoms with Gasteiger partial charge in [0.2, 0.25) is 0 Å². The van der Waals surface area contributed by atoms with E-state index in [1.54, 1.807) is 0 Å². The number of carboxylic acids is 1. The normalized spacial score (nSPS) is 21.8. The van der Waals surface area contributed by atoms with E-state index in [1.165, 1.54) is 0 Å². The second-order valence-corrected chi connectivity index (χ2v) is 5.81. The summed E-state index contributed by atoms with van der Waals surface area (Å²) < 4.78 is 0. The van der Waals surface area contributed by atoms with Gasteiger partial charge < -0.3 is 20.6 Å². The number of nitrogens with one attached hydrogen (secondary N) is 2. The molecule has 1 aliphatic heterocycles. The van der Waals surface area contributed by atoms with E-state index in [2.05, 4.69) is 34.5 Å². The van der Waals surface area contributed by atoms with Crippen LogP contribution >= 0.6 is 0 Å². The van der Waals surface area contributed by atoms with E-state index < -0.39 is 11.9 Å². The fraction of sp³-hybridized carbons (Fsp3) is 0.857. The Morgan fingerprint density at radius 2 is 2.00 bits per heavy atom. The van der Waals surface area contributed by atoms with Gasteiger partial charge in [0.1, 0.15) is 0 Å². The number of piperazine rings is 1. The Bertz CT molecular complexity index is 351. The van der Waals surface area contributed by atoms with E-state index in [4.69, 9.17) is 5.11 Å². The van der Waals surface area contributed by atoms with Gasteiger partial charge in [-0.3, -0.25) is 9.69 Å². The first kappa shape index (κ1) is 17.7. The Balaban J connectivity index is 2.28. The molecule has 2 unspecified atom stereocenters. The predicted octanol–water partition coefficient (Wildman–Crippen LogP) is 0.0323. The molecule has 0 saturated carbocycles. The molecule has 0 bridgehead atoms. The van der Waals surface area contributed by atoms with Crippen LogP contribution < -0.4 is 10.6 Å². The molecule has 0 aliphatic carbocycles. The number of carboxylic acid groups (broad SMARTS) is 1. The van der Waals surface area contributed by atoms with Gasteiger partial charge in [0.05, 0.1) is 5.92 Å². The summed E-state index contributed by atoms with van der Waals surface area (Å²) in [6.07, 6.45) is 1.37. The fourth-order valence-corrected chi connectivity index (χ4v) is 2.47. The Kier molecular flexibility index (Phi) is 7.45. The van der Waals surface area contributed by atoms with Gasteiger partial charge in [-0.1, -0.05) is 13.3 Å². The molecule has 2 atom stereocenters. The lowest BCUT2D eigenvalue weighted by Gasteiger charge is -2.37. The fourth-order valence-electron chi connectivity index (χ4n) is 2.47. The highest BCUT2D eigenvalue weighted by Crippen LogP contribution is 2.06. The lowest BCUT2D eigenvalue weighted by molar-refractivity contribution is -0.141. The van der Waals surface area contributed by atoms with Crippen molar-refractivity contribution in [2.75, 3.05) is 46.8 Å². The van der Waals surface area contributed by atoms with Gasteiger partial charge in [0.25, 0.3) is 0 Å². The van der Waals surface area contributed by atoms with Crippen molar-refractivity contribution in [2.24, 2.45) is 5.92 Å². The standard InChI is InChI=1S/C14H28N4O3/c1-4-5-11(13(19)20)8-15-14(21)16-9-12-10-17(2)6-7-18(12)3/h11-12H,4-10H2,1-3H3,(H,19,20)(H2,15,16,21). The smallest absolute Gasteiger partial charge is 0.314 e. The van der Waals surface area contributed by atoms with E-state index in [-0.39, 0.29) is 12.6 Å². The Morgan fingerprint density at radius 1 is 1.29 bits per heavy atom. The topological polar surface area (TPSA) is 84.9 Å². The van der Waals surface area contributed by atoms with E-state index in [0.717, 1.165) is 26.1 Å². The number of hydrogen-bond acceptors (Lipinski definition) is 4. The second-order valence-electron chi connectivity index (χ2n) is 5.81. The summed E-state index contributed by atoms with van der Waals surface area (Å²) in [5.74, 6) is -1.37.